The van der Waals surface area contributed by atoms with Gasteiger partial charge in [-0.25, -0.2) is 4.79 Å². The van der Waals surface area contributed by atoms with Gasteiger partial charge in [-0.15, -0.1) is 0 Å². The lowest BCUT2D eigenvalue weighted by Crippen LogP contribution is -2.23. The smallest absolute Gasteiger partial charge is 0.336 e. The van der Waals surface area contributed by atoms with Gasteiger partial charge in [0.05, 0.1) is 5.56 Å². The molecule has 0 spiro atoms. The second kappa shape index (κ2) is 7.81. The van der Waals surface area contributed by atoms with Gasteiger partial charge in [-0.3, -0.25) is 4.79 Å². The van der Waals surface area contributed by atoms with E-state index in [-0.39, 0.29) is 17.4 Å². The fourth-order valence-corrected chi connectivity index (χ4v) is 2.50. The van der Waals surface area contributed by atoms with Crippen LogP contribution in [0.15, 0.2) is 12.1 Å². The molecule has 4 nitrogen and oxygen atoms in total. The topological polar surface area (TPSA) is 66.4 Å². The summed E-state index contributed by atoms with van der Waals surface area (Å²) in [5.74, 6) is -0.987. The van der Waals surface area contributed by atoms with Gasteiger partial charge in [0.25, 0.3) is 0 Å². The summed E-state index contributed by atoms with van der Waals surface area (Å²) >= 11 is 0. The van der Waals surface area contributed by atoms with Crippen molar-refractivity contribution in [3.05, 3.63) is 28.8 Å². The van der Waals surface area contributed by atoms with Crippen LogP contribution < -0.4 is 5.32 Å². The molecule has 21 heavy (non-hydrogen) atoms. The SMILES string of the molecule is CCCC(CCC)C(=O)Nc1cc(C)c(C)c(C(=O)O)c1. The van der Waals surface area contributed by atoms with Crippen molar-refractivity contribution in [2.45, 2.75) is 53.4 Å². The van der Waals surface area contributed by atoms with E-state index in [2.05, 4.69) is 19.2 Å². The molecule has 1 rings (SSSR count). The largest absolute Gasteiger partial charge is 0.478 e. The molecule has 0 fully saturated rings. The van der Waals surface area contributed by atoms with E-state index in [9.17, 15) is 14.7 Å². The summed E-state index contributed by atoms with van der Waals surface area (Å²) in [5, 5.41) is 12.1. The maximum atomic E-state index is 12.3. The van der Waals surface area contributed by atoms with Crippen molar-refractivity contribution in [1.82, 2.24) is 0 Å². The van der Waals surface area contributed by atoms with Crippen molar-refractivity contribution < 1.29 is 14.7 Å². The highest BCUT2D eigenvalue weighted by molar-refractivity contribution is 5.96. The van der Waals surface area contributed by atoms with Gasteiger partial charge in [-0.05, 0) is 49.9 Å². The van der Waals surface area contributed by atoms with Crippen LogP contribution in [0.5, 0.6) is 0 Å². The summed E-state index contributed by atoms with van der Waals surface area (Å²) in [6.07, 6.45) is 3.64. The lowest BCUT2D eigenvalue weighted by molar-refractivity contribution is -0.120. The predicted octanol–water partition coefficient (Wildman–Crippen LogP) is 4.16. The molecule has 1 aromatic carbocycles. The van der Waals surface area contributed by atoms with Gasteiger partial charge in [0, 0.05) is 11.6 Å². The molecule has 0 atom stereocenters. The second-order valence-electron chi connectivity index (χ2n) is 5.53. The van der Waals surface area contributed by atoms with Crippen LogP contribution in [0.3, 0.4) is 0 Å². The highest BCUT2D eigenvalue weighted by Gasteiger charge is 2.18. The maximum absolute atomic E-state index is 12.3. The molecular formula is C17H25NO3. The number of rotatable bonds is 7. The Kier molecular flexibility index (Phi) is 6.40. The Morgan fingerprint density at radius 3 is 2.19 bits per heavy atom. The molecule has 1 amide bonds. The zero-order valence-corrected chi connectivity index (χ0v) is 13.3. The van der Waals surface area contributed by atoms with Crippen LogP contribution in [0.1, 0.15) is 61.0 Å². The van der Waals surface area contributed by atoms with Crippen LogP contribution in [0.25, 0.3) is 0 Å². The van der Waals surface area contributed by atoms with Crippen LogP contribution >= 0.6 is 0 Å². The number of carboxylic acids is 1. The number of aromatic carboxylic acids is 1. The van der Waals surface area contributed by atoms with Crippen molar-refractivity contribution in [2.75, 3.05) is 5.32 Å². The number of carboxylic acid groups (broad SMARTS) is 1. The molecule has 0 unspecified atom stereocenters. The molecule has 4 heteroatoms. The minimum absolute atomic E-state index is 0.00473. The maximum Gasteiger partial charge on any atom is 0.336 e. The highest BCUT2D eigenvalue weighted by atomic mass is 16.4. The van der Waals surface area contributed by atoms with E-state index in [0.29, 0.717) is 5.69 Å². The number of benzene rings is 1. The molecule has 0 radical (unpaired) electrons. The molecule has 2 N–H and O–H groups in total. The Labute approximate surface area is 126 Å². The minimum Gasteiger partial charge on any atom is -0.478 e. The van der Waals surface area contributed by atoms with Crippen molar-refractivity contribution in [1.29, 1.82) is 0 Å². The summed E-state index contributed by atoms with van der Waals surface area (Å²) in [5.41, 5.74) is 2.41. The molecule has 0 aromatic heterocycles. The zero-order valence-electron chi connectivity index (χ0n) is 13.3. The molecule has 0 aliphatic carbocycles. The van der Waals surface area contributed by atoms with Crippen LogP contribution in [0, 0.1) is 19.8 Å². The molecule has 0 heterocycles. The van der Waals surface area contributed by atoms with E-state index in [0.717, 1.165) is 36.8 Å². The monoisotopic (exact) mass is 291 g/mol. The minimum atomic E-state index is -0.967. The molecule has 0 aliphatic rings. The van der Waals surface area contributed by atoms with E-state index in [1.165, 1.54) is 6.07 Å². The van der Waals surface area contributed by atoms with Gasteiger partial charge in [0.2, 0.25) is 5.91 Å². The van der Waals surface area contributed by atoms with Crippen LogP contribution in [0.4, 0.5) is 5.69 Å². The van der Waals surface area contributed by atoms with Crippen LogP contribution in [0.2, 0.25) is 0 Å². The third-order valence-corrected chi connectivity index (χ3v) is 3.81. The first-order chi connectivity index (χ1) is 9.90. The number of carbonyl (C=O) groups excluding carboxylic acids is 1. The van der Waals surface area contributed by atoms with Gasteiger partial charge in [-0.2, -0.15) is 0 Å². The predicted molar refractivity (Wildman–Crippen MR) is 84.8 cm³/mol. The highest BCUT2D eigenvalue weighted by Crippen LogP contribution is 2.22. The quantitative estimate of drug-likeness (QED) is 0.792. The first-order valence-corrected chi connectivity index (χ1v) is 7.56. The first-order valence-electron chi connectivity index (χ1n) is 7.56. The van der Waals surface area contributed by atoms with Crippen molar-refractivity contribution in [2.24, 2.45) is 5.92 Å². The van der Waals surface area contributed by atoms with Crippen molar-refractivity contribution in [3.8, 4) is 0 Å². The fourth-order valence-electron chi connectivity index (χ4n) is 2.50. The Morgan fingerprint density at radius 1 is 1.14 bits per heavy atom. The number of hydrogen-bond donors (Lipinski definition) is 2. The number of amides is 1. The molecule has 116 valence electrons. The third-order valence-electron chi connectivity index (χ3n) is 3.81. The average Bonchev–Trinajstić information content (AvgIpc) is 2.42. The Balaban J connectivity index is 2.96. The second-order valence-corrected chi connectivity index (χ2v) is 5.53. The molecule has 0 saturated heterocycles. The van der Waals surface area contributed by atoms with Crippen molar-refractivity contribution in [3.63, 3.8) is 0 Å². The number of carbonyl (C=O) groups is 2. The van der Waals surface area contributed by atoms with Gasteiger partial charge in [0.1, 0.15) is 0 Å². The summed E-state index contributed by atoms with van der Waals surface area (Å²) in [7, 11) is 0. The van der Waals surface area contributed by atoms with E-state index in [1.54, 1.807) is 6.92 Å². The van der Waals surface area contributed by atoms with Gasteiger partial charge >= 0.3 is 5.97 Å². The number of nitrogens with one attached hydrogen (secondary N) is 1. The van der Waals surface area contributed by atoms with Gasteiger partial charge in [0.15, 0.2) is 0 Å². The summed E-state index contributed by atoms with van der Waals surface area (Å²) in [6.45, 7) is 7.76. The Bertz CT molecular complexity index is 517. The first kappa shape index (κ1) is 17.2. The summed E-state index contributed by atoms with van der Waals surface area (Å²) in [6, 6.07) is 3.37. The number of hydrogen-bond acceptors (Lipinski definition) is 2. The molecule has 0 saturated carbocycles. The lowest BCUT2D eigenvalue weighted by Gasteiger charge is -2.16. The number of anilines is 1. The van der Waals surface area contributed by atoms with Crippen LogP contribution in [-0.2, 0) is 4.79 Å². The van der Waals surface area contributed by atoms with E-state index in [4.69, 9.17) is 0 Å². The Morgan fingerprint density at radius 2 is 1.71 bits per heavy atom. The molecular weight excluding hydrogens is 266 g/mol. The van der Waals surface area contributed by atoms with Crippen molar-refractivity contribution >= 4 is 17.6 Å². The van der Waals surface area contributed by atoms with E-state index in [1.807, 2.05) is 13.0 Å². The standard InChI is InChI=1S/C17H25NO3/c1-5-7-13(8-6-2)16(19)18-14-9-11(3)12(4)15(10-14)17(20)21/h9-10,13H,5-8H2,1-4H3,(H,18,19)(H,20,21). The number of aryl methyl sites for hydroxylation is 1. The average molecular weight is 291 g/mol. The summed E-state index contributed by atoms with van der Waals surface area (Å²) < 4.78 is 0. The third kappa shape index (κ3) is 4.59. The lowest BCUT2D eigenvalue weighted by atomic mass is 9.96. The summed E-state index contributed by atoms with van der Waals surface area (Å²) in [4.78, 5) is 23.5. The van der Waals surface area contributed by atoms with Gasteiger partial charge in [-0.1, -0.05) is 26.7 Å². The zero-order chi connectivity index (χ0) is 16.0. The van der Waals surface area contributed by atoms with Gasteiger partial charge < -0.3 is 10.4 Å². The van der Waals surface area contributed by atoms with E-state index >= 15 is 0 Å². The normalized spacial score (nSPS) is 10.7. The Hall–Kier alpha value is -1.84. The molecule has 1 aromatic rings. The molecule has 0 aliphatic heterocycles. The van der Waals surface area contributed by atoms with Crippen LogP contribution in [-0.4, -0.2) is 17.0 Å². The fraction of sp³-hybridized carbons (Fsp3) is 0.529. The molecule has 0 bridgehead atoms. The van der Waals surface area contributed by atoms with E-state index < -0.39 is 5.97 Å².